The third-order valence-corrected chi connectivity index (χ3v) is 1.59. The maximum atomic E-state index is 10.1. The zero-order valence-electron chi connectivity index (χ0n) is 8.84. The minimum Gasteiger partial charge on any atom is -0.481 e. The van der Waals surface area contributed by atoms with E-state index < -0.39 is 5.97 Å². The van der Waals surface area contributed by atoms with Crippen molar-refractivity contribution in [3.05, 3.63) is 12.3 Å². The Morgan fingerprint density at radius 3 is 3.12 bits per heavy atom. The van der Waals surface area contributed by atoms with Crippen LogP contribution in [0.25, 0.3) is 0 Å². The van der Waals surface area contributed by atoms with Crippen molar-refractivity contribution in [3.63, 3.8) is 0 Å². The number of aliphatic carboxylic acids is 1. The summed E-state index contributed by atoms with van der Waals surface area (Å²) in [5, 5.41) is 11.2. The number of nitrogens with zero attached hydrogens (tertiary/aromatic N) is 2. The molecule has 0 aromatic carbocycles. The molecule has 0 saturated carbocycles. The standard InChI is InChI=1S/C9H13N3O4/c1-15-7-2-3-10-9(12-7)11-4-5-16-6-8(13)14/h2-3H,4-6H2,1H3,(H,13,14)(H,10,11,12). The van der Waals surface area contributed by atoms with E-state index in [9.17, 15) is 4.79 Å². The second-order valence-electron chi connectivity index (χ2n) is 2.80. The fourth-order valence-electron chi connectivity index (χ4n) is 0.935. The van der Waals surface area contributed by atoms with Crippen LogP contribution in [0.3, 0.4) is 0 Å². The van der Waals surface area contributed by atoms with E-state index in [1.54, 1.807) is 12.3 Å². The number of ether oxygens (including phenoxy) is 2. The largest absolute Gasteiger partial charge is 0.481 e. The van der Waals surface area contributed by atoms with Gasteiger partial charge in [-0.15, -0.1) is 0 Å². The van der Waals surface area contributed by atoms with Crippen LogP contribution in [0.1, 0.15) is 0 Å². The van der Waals surface area contributed by atoms with Crippen LogP contribution < -0.4 is 10.1 Å². The molecule has 7 nitrogen and oxygen atoms in total. The van der Waals surface area contributed by atoms with Gasteiger partial charge in [0.2, 0.25) is 11.8 Å². The Kier molecular flexibility index (Phi) is 5.00. The first-order valence-electron chi connectivity index (χ1n) is 4.63. The van der Waals surface area contributed by atoms with Gasteiger partial charge in [0.25, 0.3) is 0 Å². The van der Waals surface area contributed by atoms with Gasteiger partial charge >= 0.3 is 5.97 Å². The van der Waals surface area contributed by atoms with Crippen molar-refractivity contribution in [2.75, 3.05) is 32.2 Å². The number of hydrogen-bond donors (Lipinski definition) is 2. The van der Waals surface area contributed by atoms with Crippen LogP contribution >= 0.6 is 0 Å². The Bertz CT molecular complexity index is 345. The van der Waals surface area contributed by atoms with Crippen LogP contribution in [0, 0.1) is 0 Å². The maximum Gasteiger partial charge on any atom is 0.329 e. The topological polar surface area (TPSA) is 93.6 Å². The molecule has 0 aliphatic heterocycles. The van der Waals surface area contributed by atoms with Gasteiger partial charge < -0.3 is 19.9 Å². The van der Waals surface area contributed by atoms with Crippen LogP contribution in [0.2, 0.25) is 0 Å². The molecule has 0 saturated heterocycles. The number of aromatic nitrogens is 2. The summed E-state index contributed by atoms with van der Waals surface area (Å²) in [4.78, 5) is 18.1. The predicted molar refractivity (Wildman–Crippen MR) is 55.5 cm³/mol. The van der Waals surface area contributed by atoms with Crippen LogP contribution in [-0.4, -0.2) is 47.9 Å². The maximum absolute atomic E-state index is 10.1. The van der Waals surface area contributed by atoms with E-state index in [4.69, 9.17) is 14.6 Å². The Hall–Kier alpha value is -1.89. The molecule has 0 atom stereocenters. The Morgan fingerprint density at radius 1 is 1.62 bits per heavy atom. The molecule has 0 spiro atoms. The predicted octanol–water partition coefficient (Wildman–Crippen LogP) is -0.00170. The lowest BCUT2D eigenvalue weighted by Gasteiger charge is -2.05. The van der Waals surface area contributed by atoms with Gasteiger partial charge in [-0.25, -0.2) is 9.78 Å². The van der Waals surface area contributed by atoms with Crippen molar-refractivity contribution >= 4 is 11.9 Å². The molecule has 0 amide bonds. The average Bonchev–Trinajstić information content (AvgIpc) is 2.28. The monoisotopic (exact) mass is 227 g/mol. The minimum absolute atomic E-state index is 0.271. The lowest BCUT2D eigenvalue weighted by atomic mass is 10.6. The minimum atomic E-state index is -0.988. The highest BCUT2D eigenvalue weighted by Gasteiger charge is 1.99. The van der Waals surface area contributed by atoms with Crippen molar-refractivity contribution < 1.29 is 19.4 Å². The summed E-state index contributed by atoms with van der Waals surface area (Å²) in [6.45, 7) is 0.397. The smallest absolute Gasteiger partial charge is 0.329 e. The van der Waals surface area contributed by atoms with Gasteiger partial charge in [-0.2, -0.15) is 4.98 Å². The van der Waals surface area contributed by atoms with E-state index in [0.717, 1.165) is 0 Å². The van der Waals surface area contributed by atoms with Gasteiger partial charge in [-0.3, -0.25) is 0 Å². The van der Waals surface area contributed by atoms with Gasteiger partial charge in [-0.05, 0) is 0 Å². The van der Waals surface area contributed by atoms with Gasteiger partial charge in [0.1, 0.15) is 6.61 Å². The molecule has 0 radical (unpaired) electrons. The van der Waals surface area contributed by atoms with E-state index in [2.05, 4.69) is 15.3 Å². The normalized spacial score (nSPS) is 9.81. The van der Waals surface area contributed by atoms with Crippen LogP contribution in [-0.2, 0) is 9.53 Å². The van der Waals surface area contributed by atoms with Crippen molar-refractivity contribution in [3.8, 4) is 5.88 Å². The molecular weight excluding hydrogens is 214 g/mol. The lowest BCUT2D eigenvalue weighted by Crippen LogP contribution is -2.15. The summed E-state index contributed by atoms with van der Waals surface area (Å²) in [6.07, 6.45) is 1.56. The molecule has 0 fully saturated rings. The number of hydrogen-bond acceptors (Lipinski definition) is 6. The molecule has 1 rings (SSSR count). The molecule has 16 heavy (non-hydrogen) atoms. The first kappa shape index (κ1) is 12.2. The van der Waals surface area contributed by atoms with Gasteiger partial charge in [0.15, 0.2) is 0 Å². The van der Waals surface area contributed by atoms with Crippen LogP contribution in [0.5, 0.6) is 5.88 Å². The van der Waals surface area contributed by atoms with E-state index in [1.165, 1.54) is 7.11 Å². The Morgan fingerprint density at radius 2 is 2.44 bits per heavy atom. The summed E-state index contributed by atoms with van der Waals surface area (Å²) >= 11 is 0. The van der Waals surface area contributed by atoms with Crippen molar-refractivity contribution in [2.45, 2.75) is 0 Å². The highest BCUT2D eigenvalue weighted by Crippen LogP contribution is 2.06. The van der Waals surface area contributed by atoms with Crippen molar-refractivity contribution in [2.24, 2.45) is 0 Å². The quantitative estimate of drug-likeness (QED) is 0.633. The molecule has 88 valence electrons. The average molecular weight is 227 g/mol. The number of methoxy groups -OCH3 is 1. The number of anilines is 1. The van der Waals surface area contributed by atoms with Crippen molar-refractivity contribution in [1.82, 2.24) is 9.97 Å². The Labute approximate surface area is 92.4 Å². The van der Waals surface area contributed by atoms with E-state index in [1.807, 2.05) is 0 Å². The molecule has 0 aliphatic carbocycles. The van der Waals surface area contributed by atoms with Crippen LogP contribution in [0.4, 0.5) is 5.95 Å². The second-order valence-corrected chi connectivity index (χ2v) is 2.80. The first-order chi connectivity index (χ1) is 7.72. The summed E-state index contributed by atoms with van der Waals surface area (Å²) in [5.74, 6) is -0.111. The van der Waals surface area contributed by atoms with Crippen molar-refractivity contribution in [1.29, 1.82) is 0 Å². The molecule has 2 N–H and O–H groups in total. The van der Waals surface area contributed by atoms with E-state index >= 15 is 0 Å². The molecule has 7 heteroatoms. The first-order valence-corrected chi connectivity index (χ1v) is 4.63. The van der Waals surface area contributed by atoms with E-state index in [0.29, 0.717) is 18.4 Å². The number of carbonyl (C=O) groups is 1. The zero-order valence-corrected chi connectivity index (χ0v) is 8.84. The third kappa shape index (κ3) is 4.56. The number of carboxylic acid groups (broad SMARTS) is 1. The number of nitrogens with one attached hydrogen (secondary N) is 1. The van der Waals surface area contributed by atoms with Gasteiger partial charge in [0.05, 0.1) is 13.7 Å². The lowest BCUT2D eigenvalue weighted by molar-refractivity contribution is -0.142. The molecule has 0 unspecified atom stereocenters. The molecule has 0 aliphatic rings. The summed E-state index contributed by atoms with van der Waals surface area (Å²) < 4.78 is 9.74. The number of carboxylic acids is 1. The molecular formula is C9H13N3O4. The summed E-state index contributed by atoms with van der Waals surface area (Å²) in [5.41, 5.74) is 0. The number of rotatable bonds is 7. The SMILES string of the molecule is COc1ccnc(NCCOCC(=O)O)n1. The second kappa shape index (κ2) is 6.57. The summed E-state index contributed by atoms with van der Waals surface area (Å²) in [6, 6.07) is 1.63. The van der Waals surface area contributed by atoms with Gasteiger partial charge in [-0.1, -0.05) is 0 Å². The molecule has 1 aromatic rings. The van der Waals surface area contributed by atoms with E-state index in [-0.39, 0.29) is 13.2 Å². The molecule has 1 heterocycles. The zero-order chi connectivity index (χ0) is 11.8. The third-order valence-electron chi connectivity index (χ3n) is 1.59. The highest BCUT2D eigenvalue weighted by atomic mass is 16.5. The van der Waals surface area contributed by atoms with Crippen LogP contribution in [0.15, 0.2) is 12.3 Å². The highest BCUT2D eigenvalue weighted by molar-refractivity contribution is 5.67. The molecule has 0 bridgehead atoms. The Balaban J connectivity index is 2.23. The fourth-order valence-corrected chi connectivity index (χ4v) is 0.935. The molecule has 1 aromatic heterocycles. The van der Waals surface area contributed by atoms with Gasteiger partial charge in [0, 0.05) is 18.8 Å². The fraction of sp³-hybridized carbons (Fsp3) is 0.444. The summed E-state index contributed by atoms with van der Waals surface area (Å²) in [7, 11) is 1.52.